The Labute approximate surface area is 103 Å². The first-order chi connectivity index (χ1) is 7.40. The molecule has 1 aromatic heterocycles. The van der Waals surface area contributed by atoms with Gasteiger partial charge < -0.3 is 5.11 Å². The van der Waals surface area contributed by atoms with Crippen molar-refractivity contribution in [1.29, 1.82) is 0 Å². The lowest BCUT2D eigenvalue weighted by Crippen LogP contribution is -2.08. The van der Waals surface area contributed by atoms with Crippen LogP contribution in [0.2, 0.25) is 0 Å². The summed E-state index contributed by atoms with van der Waals surface area (Å²) in [6, 6.07) is 2.71. The zero-order valence-electron chi connectivity index (χ0n) is 7.78. The maximum atomic E-state index is 12.5. The van der Waals surface area contributed by atoms with Crippen molar-refractivity contribution in [3.8, 4) is 0 Å². The molecular weight excluding hydrogens is 277 g/mol. The Kier molecular flexibility index (Phi) is 4.43. The van der Waals surface area contributed by atoms with Crippen molar-refractivity contribution in [1.82, 2.24) is 0 Å². The molecule has 1 nitrogen and oxygen atoms in total. The van der Waals surface area contributed by atoms with Crippen LogP contribution in [0.4, 0.5) is 13.2 Å². The predicted octanol–water partition coefficient (Wildman–Crippen LogP) is 3.78. The average molecular weight is 284 g/mol. The Morgan fingerprint density at radius 1 is 1.44 bits per heavy atom. The van der Waals surface area contributed by atoms with Crippen molar-refractivity contribution in [2.45, 2.75) is 6.18 Å². The molecule has 0 fully saturated rings. The third-order valence-electron chi connectivity index (χ3n) is 1.65. The Morgan fingerprint density at radius 2 is 2.00 bits per heavy atom. The first kappa shape index (κ1) is 13.6. The highest BCUT2D eigenvalue weighted by atomic mass is 32.1. The van der Waals surface area contributed by atoms with Gasteiger partial charge in [0.05, 0.1) is 10.5 Å². The molecule has 0 bridgehead atoms. The molecule has 0 atom stereocenters. The van der Waals surface area contributed by atoms with Gasteiger partial charge in [-0.1, -0.05) is 0 Å². The molecule has 0 amide bonds. The summed E-state index contributed by atoms with van der Waals surface area (Å²) in [6.45, 7) is 0. The van der Waals surface area contributed by atoms with E-state index in [0.29, 0.717) is 10.3 Å². The molecule has 1 N–H and O–H groups in total. The van der Waals surface area contributed by atoms with E-state index >= 15 is 0 Å². The lowest BCUT2D eigenvalue weighted by molar-refractivity contribution is -0.0685. The minimum atomic E-state index is -4.45. The second-order valence-corrected chi connectivity index (χ2v) is 4.67. The zero-order valence-corrected chi connectivity index (χ0v) is 10.3. The fourth-order valence-corrected chi connectivity index (χ4v) is 2.71. The molecule has 0 aliphatic heterocycles. The van der Waals surface area contributed by atoms with Crippen molar-refractivity contribution in [2.75, 3.05) is 0 Å². The molecule has 1 aromatic rings. The van der Waals surface area contributed by atoms with Crippen LogP contribution in [-0.2, 0) is 0 Å². The summed E-state index contributed by atoms with van der Waals surface area (Å²) < 4.78 is 37.5. The molecule has 7 heteroatoms. The van der Waals surface area contributed by atoms with E-state index in [0.717, 1.165) is 22.3 Å². The molecule has 0 aromatic carbocycles. The minimum absolute atomic E-state index is 0.0121. The van der Waals surface area contributed by atoms with Crippen LogP contribution >= 0.6 is 34.9 Å². The van der Waals surface area contributed by atoms with Gasteiger partial charge in [-0.3, -0.25) is 0 Å². The molecular formula is C9H7F3OS3. The maximum absolute atomic E-state index is 12.5. The van der Waals surface area contributed by atoms with Gasteiger partial charge >= 0.3 is 6.18 Å². The highest BCUT2D eigenvalue weighted by Crippen LogP contribution is 2.37. The van der Waals surface area contributed by atoms with Crippen LogP contribution in [-0.4, -0.2) is 22.2 Å². The number of hydrogen-bond donors (Lipinski definition) is 2. The molecule has 16 heavy (non-hydrogen) atoms. The van der Waals surface area contributed by atoms with Gasteiger partial charge in [-0.25, -0.2) is 0 Å². The van der Waals surface area contributed by atoms with Crippen molar-refractivity contribution in [2.24, 2.45) is 0 Å². The van der Waals surface area contributed by atoms with Crippen LogP contribution in [0.1, 0.15) is 9.75 Å². The van der Waals surface area contributed by atoms with Gasteiger partial charge in [0.25, 0.3) is 0 Å². The molecule has 0 saturated carbocycles. The second-order valence-electron chi connectivity index (χ2n) is 2.65. The van der Waals surface area contributed by atoms with Crippen molar-refractivity contribution >= 4 is 51.4 Å². The molecule has 0 spiro atoms. The number of aliphatic hydroxyl groups excluding tert-OH is 1. The fourth-order valence-electron chi connectivity index (χ4n) is 0.945. The summed E-state index contributed by atoms with van der Waals surface area (Å²) in [5.74, 6) is 3.37. The Hall–Kier alpha value is -0.500. The van der Waals surface area contributed by atoms with Crippen LogP contribution in [0.15, 0.2) is 17.5 Å². The van der Waals surface area contributed by atoms with E-state index in [1.54, 1.807) is 0 Å². The lowest BCUT2D eigenvalue weighted by Gasteiger charge is -2.08. The van der Waals surface area contributed by atoms with Gasteiger partial charge in [-0.2, -0.15) is 25.8 Å². The first-order valence-electron chi connectivity index (χ1n) is 3.90. The van der Waals surface area contributed by atoms with E-state index < -0.39 is 11.7 Å². The molecule has 1 heterocycles. The van der Waals surface area contributed by atoms with E-state index in [9.17, 15) is 18.3 Å². The Morgan fingerprint density at radius 3 is 2.44 bits per heavy atom. The van der Waals surface area contributed by atoms with Gasteiger partial charge in [0.1, 0.15) is 5.05 Å². The highest BCUT2D eigenvalue weighted by molar-refractivity contribution is 7.96. The quantitative estimate of drug-likeness (QED) is 0.625. The summed E-state index contributed by atoms with van der Waals surface area (Å²) in [5.41, 5.74) is -0.825. The number of thiophene rings is 1. The molecule has 88 valence electrons. The van der Waals surface area contributed by atoms with Gasteiger partial charge in [0.15, 0.2) is 0 Å². The van der Waals surface area contributed by atoms with E-state index in [1.165, 1.54) is 12.1 Å². The van der Waals surface area contributed by atoms with Gasteiger partial charge in [0, 0.05) is 4.88 Å². The number of aliphatic hydroxyl groups is 1. The summed E-state index contributed by atoms with van der Waals surface area (Å²) in [5, 5.41) is 9.92. The Bertz CT molecular complexity index is 467. The molecule has 0 aliphatic carbocycles. The summed E-state index contributed by atoms with van der Waals surface area (Å²) >= 11 is 4.38. The summed E-state index contributed by atoms with van der Waals surface area (Å²) in [6.07, 6.45) is -4.45. The van der Waals surface area contributed by atoms with E-state index in [2.05, 4.69) is 18.5 Å². The normalized spacial score (nSPS) is 12.7. The highest BCUT2D eigenvalue weighted by Gasteiger charge is 2.35. The van der Waals surface area contributed by atoms with Gasteiger partial charge in [0.2, 0.25) is 0 Å². The van der Waals surface area contributed by atoms with E-state index in [1.807, 2.05) is 0 Å². The SMILES string of the molecule is C=S=C(O)c1ccc(/C(=C/S)C(F)(F)F)s1. The average Bonchev–Trinajstić information content (AvgIpc) is 2.64. The van der Waals surface area contributed by atoms with Crippen molar-refractivity contribution in [3.63, 3.8) is 0 Å². The Balaban J connectivity index is 3.16. The topological polar surface area (TPSA) is 20.2 Å². The van der Waals surface area contributed by atoms with Crippen LogP contribution < -0.4 is 0 Å². The zero-order chi connectivity index (χ0) is 12.3. The third-order valence-corrected chi connectivity index (χ3v) is 3.66. The molecule has 0 radical (unpaired) electrons. The number of rotatable bonds is 2. The fraction of sp³-hybridized carbons (Fsp3) is 0.111. The van der Waals surface area contributed by atoms with Crippen LogP contribution in [0, 0.1) is 0 Å². The second kappa shape index (κ2) is 5.22. The van der Waals surface area contributed by atoms with Crippen molar-refractivity contribution in [3.05, 3.63) is 27.3 Å². The minimum Gasteiger partial charge on any atom is -0.351 e. The molecule has 0 saturated heterocycles. The van der Waals surface area contributed by atoms with Crippen LogP contribution in [0.5, 0.6) is 0 Å². The number of alkyl halides is 3. The first-order valence-corrected chi connectivity index (χ1v) is 6.22. The summed E-state index contributed by atoms with van der Waals surface area (Å²) in [7, 11) is 0.831. The maximum Gasteiger partial charge on any atom is 0.418 e. The van der Waals surface area contributed by atoms with E-state index in [4.69, 9.17) is 0 Å². The van der Waals surface area contributed by atoms with Gasteiger partial charge in [-0.05, 0) is 23.4 Å². The lowest BCUT2D eigenvalue weighted by atomic mass is 10.2. The van der Waals surface area contributed by atoms with Crippen LogP contribution in [0.25, 0.3) is 5.57 Å². The van der Waals surface area contributed by atoms with E-state index in [-0.39, 0.29) is 9.93 Å². The number of thiol groups is 1. The molecule has 1 rings (SSSR count). The predicted molar refractivity (Wildman–Crippen MR) is 68.8 cm³/mol. The third kappa shape index (κ3) is 3.00. The number of allylic oxidation sites excluding steroid dienone is 1. The molecule has 0 unspecified atom stereocenters. The van der Waals surface area contributed by atoms with Gasteiger partial charge in [-0.15, -0.1) is 22.3 Å². The monoisotopic (exact) mass is 284 g/mol. The number of hydrogen-bond acceptors (Lipinski definition) is 2. The molecule has 0 aliphatic rings. The van der Waals surface area contributed by atoms with Crippen molar-refractivity contribution < 1.29 is 18.3 Å². The van der Waals surface area contributed by atoms with Crippen LogP contribution in [0.3, 0.4) is 0 Å². The standard InChI is InChI=1S/C9H7F3OS3/c1-15-8(13)7-3-2-6(16-7)5(4-14)9(10,11)12/h2-4,13-14H,1H2/b5-4-. The summed E-state index contributed by atoms with van der Waals surface area (Å²) in [4.78, 5) is 0.366. The number of halogens is 3. The smallest absolute Gasteiger partial charge is 0.351 e. The largest absolute Gasteiger partial charge is 0.418 e.